The lowest BCUT2D eigenvalue weighted by Crippen LogP contribution is -2.00. The molecule has 0 unspecified atom stereocenters. The van der Waals surface area contributed by atoms with Crippen molar-refractivity contribution in [2.24, 2.45) is 11.8 Å². The molecule has 3 nitrogen and oxygen atoms in total. The molecule has 0 amide bonds. The minimum atomic E-state index is -0.400. The number of hydrogen-bond acceptors (Lipinski definition) is 3. The van der Waals surface area contributed by atoms with Crippen molar-refractivity contribution in [2.75, 3.05) is 7.11 Å². The first-order valence-corrected chi connectivity index (χ1v) is 9.90. The summed E-state index contributed by atoms with van der Waals surface area (Å²) in [5, 5.41) is 9.97. The number of carbonyl (C=O) groups is 1. The molecule has 3 atom stereocenters. The van der Waals surface area contributed by atoms with Crippen molar-refractivity contribution in [2.45, 2.75) is 77.2 Å². The standard InChI is InChI=1S/C22H36O3/c1-3-4-5-6-7-10-13-19-18-20(19)16-17-21(23)14-11-8-9-12-15-22(24)25-2/h7-8,10-11,16-17,19-21,23H,3-6,9,12-15,18H2,1-2H3/b10-7-,11-8-,17-16+/t19-,20+,21+/m0/s1. The molecule has 0 aliphatic heterocycles. The maximum Gasteiger partial charge on any atom is 0.305 e. The van der Waals surface area contributed by atoms with Crippen LogP contribution in [0.3, 0.4) is 0 Å². The average molecular weight is 349 g/mol. The number of aliphatic hydroxyl groups is 1. The number of carbonyl (C=O) groups excluding carboxylic acids is 1. The van der Waals surface area contributed by atoms with Gasteiger partial charge in [-0.1, -0.05) is 56.2 Å². The minimum absolute atomic E-state index is 0.161. The Balaban J connectivity index is 2.03. The van der Waals surface area contributed by atoms with Crippen LogP contribution in [-0.4, -0.2) is 24.3 Å². The highest BCUT2D eigenvalue weighted by molar-refractivity contribution is 5.69. The molecular formula is C22H36O3. The number of allylic oxidation sites excluding steroid dienone is 4. The van der Waals surface area contributed by atoms with E-state index < -0.39 is 6.10 Å². The van der Waals surface area contributed by atoms with Gasteiger partial charge in [-0.25, -0.2) is 0 Å². The van der Waals surface area contributed by atoms with Crippen LogP contribution in [0.5, 0.6) is 0 Å². The summed E-state index contributed by atoms with van der Waals surface area (Å²) in [6.07, 6.45) is 22.7. The molecule has 25 heavy (non-hydrogen) atoms. The first-order valence-electron chi connectivity index (χ1n) is 9.90. The zero-order valence-corrected chi connectivity index (χ0v) is 16.0. The normalized spacial score (nSPS) is 21.4. The van der Waals surface area contributed by atoms with Gasteiger partial charge in [0, 0.05) is 6.42 Å². The Bertz CT molecular complexity index is 437. The molecule has 0 saturated heterocycles. The topological polar surface area (TPSA) is 46.5 Å². The Labute approximate surface area is 153 Å². The number of ether oxygens (including phenoxy) is 1. The molecule has 0 aromatic heterocycles. The molecule has 1 fully saturated rings. The van der Waals surface area contributed by atoms with Gasteiger partial charge in [0.25, 0.3) is 0 Å². The van der Waals surface area contributed by atoms with Crippen LogP contribution in [0, 0.1) is 11.8 Å². The fourth-order valence-corrected chi connectivity index (χ4v) is 2.85. The van der Waals surface area contributed by atoms with Crippen LogP contribution >= 0.6 is 0 Å². The van der Waals surface area contributed by atoms with E-state index in [-0.39, 0.29) is 5.97 Å². The van der Waals surface area contributed by atoms with Gasteiger partial charge >= 0.3 is 5.97 Å². The van der Waals surface area contributed by atoms with Gasteiger partial charge in [-0.2, -0.15) is 0 Å². The summed E-state index contributed by atoms with van der Waals surface area (Å²) in [6, 6.07) is 0. The molecule has 3 heteroatoms. The smallest absolute Gasteiger partial charge is 0.305 e. The summed E-state index contributed by atoms with van der Waals surface area (Å²) in [7, 11) is 1.41. The lowest BCUT2D eigenvalue weighted by molar-refractivity contribution is -0.140. The maximum absolute atomic E-state index is 11.0. The Morgan fingerprint density at radius 2 is 1.92 bits per heavy atom. The second-order valence-electron chi connectivity index (χ2n) is 6.99. The van der Waals surface area contributed by atoms with Crippen molar-refractivity contribution in [3.63, 3.8) is 0 Å². The van der Waals surface area contributed by atoms with E-state index in [1.807, 2.05) is 18.2 Å². The van der Waals surface area contributed by atoms with Gasteiger partial charge in [0.1, 0.15) is 0 Å². The van der Waals surface area contributed by atoms with Gasteiger partial charge in [-0.15, -0.1) is 0 Å². The summed E-state index contributed by atoms with van der Waals surface area (Å²) in [5.74, 6) is 1.27. The molecule has 0 aromatic rings. The van der Waals surface area contributed by atoms with Crippen molar-refractivity contribution in [1.82, 2.24) is 0 Å². The van der Waals surface area contributed by atoms with Gasteiger partial charge in [0.2, 0.25) is 0 Å². The molecule has 1 N–H and O–H groups in total. The van der Waals surface area contributed by atoms with Crippen molar-refractivity contribution >= 4 is 5.97 Å². The molecule has 0 heterocycles. The van der Waals surface area contributed by atoms with Gasteiger partial charge in [0.15, 0.2) is 0 Å². The number of rotatable bonds is 14. The first-order chi connectivity index (χ1) is 12.2. The lowest BCUT2D eigenvalue weighted by atomic mass is 10.1. The van der Waals surface area contributed by atoms with Gasteiger partial charge in [-0.05, 0) is 56.8 Å². The van der Waals surface area contributed by atoms with E-state index in [0.717, 1.165) is 18.8 Å². The first kappa shape index (κ1) is 21.7. The van der Waals surface area contributed by atoms with Crippen LogP contribution in [-0.2, 0) is 9.53 Å². The van der Waals surface area contributed by atoms with E-state index >= 15 is 0 Å². The molecule has 1 saturated carbocycles. The number of methoxy groups -OCH3 is 1. The van der Waals surface area contributed by atoms with E-state index in [1.54, 1.807) is 0 Å². The third-order valence-electron chi connectivity index (χ3n) is 4.66. The summed E-state index contributed by atoms with van der Waals surface area (Å²) in [5.41, 5.74) is 0. The Kier molecular flexibility index (Phi) is 12.0. The van der Waals surface area contributed by atoms with E-state index in [1.165, 1.54) is 45.6 Å². The molecule has 1 aliphatic carbocycles. The Hall–Kier alpha value is -1.35. The summed E-state index contributed by atoms with van der Waals surface area (Å²) in [4.78, 5) is 11.0. The lowest BCUT2D eigenvalue weighted by Gasteiger charge is -2.00. The zero-order valence-electron chi connectivity index (χ0n) is 16.0. The SMILES string of the molecule is CCCCC/C=C\C[C@H]1C[C@H]1/C=C/[C@H](O)C/C=C\CCCC(=O)OC. The van der Waals surface area contributed by atoms with Crippen LogP contribution in [0.15, 0.2) is 36.5 Å². The van der Waals surface area contributed by atoms with Gasteiger partial charge in [0.05, 0.1) is 13.2 Å². The predicted octanol–water partition coefficient (Wildman–Crippen LogP) is 5.36. The Morgan fingerprint density at radius 1 is 1.16 bits per heavy atom. The quantitative estimate of drug-likeness (QED) is 0.261. The second kappa shape index (κ2) is 13.9. The predicted molar refractivity (Wildman–Crippen MR) is 104 cm³/mol. The van der Waals surface area contributed by atoms with Crippen LogP contribution < -0.4 is 0 Å². The zero-order chi connectivity index (χ0) is 18.3. The van der Waals surface area contributed by atoms with Crippen molar-refractivity contribution < 1.29 is 14.6 Å². The minimum Gasteiger partial charge on any atom is -0.469 e. The number of esters is 1. The summed E-state index contributed by atoms with van der Waals surface area (Å²) in [6.45, 7) is 2.24. The fourth-order valence-electron chi connectivity index (χ4n) is 2.85. The summed E-state index contributed by atoms with van der Waals surface area (Å²) >= 11 is 0. The molecule has 0 aromatic carbocycles. The van der Waals surface area contributed by atoms with Crippen molar-refractivity contribution in [3.8, 4) is 0 Å². The van der Waals surface area contributed by atoms with E-state index in [9.17, 15) is 9.90 Å². The molecule has 0 spiro atoms. The van der Waals surface area contributed by atoms with Gasteiger partial charge in [-0.3, -0.25) is 4.79 Å². The molecular weight excluding hydrogens is 312 g/mol. The van der Waals surface area contributed by atoms with E-state index in [0.29, 0.717) is 18.8 Å². The highest BCUT2D eigenvalue weighted by Crippen LogP contribution is 2.42. The van der Waals surface area contributed by atoms with Gasteiger partial charge < -0.3 is 9.84 Å². The monoisotopic (exact) mass is 348 g/mol. The average Bonchev–Trinajstić information content (AvgIpc) is 3.37. The highest BCUT2D eigenvalue weighted by Gasteiger charge is 2.33. The maximum atomic E-state index is 11.0. The largest absolute Gasteiger partial charge is 0.469 e. The third-order valence-corrected chi connectivity index (χ3v) is 4.66. The molecule has 142 valence electrons. The fraction of sp³-hybridized carbons (Fsp3) is 0.682. The van der Waals surface area contributed by atoms with Crippen LogP contribution in [0.1, 0.15) is 71.1 Å². The highest BCUT2D eigenvalue weighted by atomic mass is 16.5. The van der Waals surface area contributed by atoms with Crippen LogP contribution in [0.2, 0.25) is 0 Å². The van der Waals surface area contributed by atoms with Crippen LogP contribution in [0.25, 0.3) is 0 Å². The van der Waals surface area contributed by atoms with Crippen LogP contribution in [0.4, 0.5) is 0 Å². The molecule has 1 rings (SSSR count). The van der Waals surface area contributed by atoms with E-state index in [2.05, 4.69) is 29.9 Å². The van der Waals surface area contributed by atoms with Crippen molar-refractivity contribution in [1.29, 1.82) is 0 Å². The second-order valence-corrected chi connectivity index (χ2v) is 6.99. The van der Waals surface area contributed by atoms with Crippen molar-refractivity contribution in [3.05, 3.63) is 36.5 Å². The molecule has 0 radical (unpaired) electrons. The number of aliphatic hydroxyl groups excluding tert-OH is 1. The number of hydrogen-bond donors (Lipinski definition) is 1. The molecule has 1 aliphatic rings. The molecule has 0 bridgehead atoms. The van der Waals surface area contributed by atoms with E-state index in [4.69, 9.17) is 0 Å². The summed E-state index contributed by atoms with van der Waals surface area (Å²) < 4.78 is 4.59. The third kappa shape index (κ3) is 11.8. The number of unbranched alkanes of at least 4 members (excludes halogenated alkanes) is 4. The Morgan fingerprint density at radius 3 is 2.68 bits per heavy atom.